The average molecular weight is 386 g/mol. The first-order valence-electron chi connectivity index (χ1n) is 8.69. The monoisotopic (exact) mass is 386 g/mol. The molecule has 5 nitrogen and oxygen atoms in total. The first kappa shape index (κ1) is 16.6. The van der Waals surface area contributed by atoms with Crippen LogP contribution in [0, 0.1) is 6.92 Å². The molecule has 0 atom stereocenters. The van der Waals surface area contributed by atoms with E-state index >= 15 is 0 Å². The zero-order chi connectivity index (χ0) is 19.1. The van der Waals surface area contributed by atoms with E-state index in [9.17, 15) is 4.79 Å². The van der Waals surface area contributed by atoms with E-state index in [1.807, 2.05) is 60.8 Å². The average Bonchev–Trinajstić information content (AvgIpc) is 3.20. The second kappa shape index (κ2) is 6.58. The van der Waals surface area contributed by atoms with Crippen LogP contribution >= 0.6 is 11.3 Å². The SMILES string of the molecule is Cc1c(Oc2ncnc3sccc23)ccc2c(-c3ccccc3)cc(=O)oc12. The first-order valence-corrected chi connectivity index (χ1v) is 9.57. The highest BCUT2D eigenvalue weighted by molar-refractivity contribution is 7.16. The third kappa shape index (κ3) is 2.75. The Morgan fingerprint density at radius 3 is 2.71 bits per heavy atom. The number of fused-ring (bicyclic) bond motifs is 2. The van der Waals surface area contributed by atoms with Gasteiger partial charge < -0.3 is 9.15 Å². The zero-order valence-electron chi connectivity index (χ0n) is 14.9. The van der Waals surface area contributed by atoms with Crippen molar-refractivity contribution < 1.29 is 9.15 Å². The number of ether oxygens (including phenoxy) is 1. The highest BCUT2D eigenvalue weighted by Gasteiger charge is 2.15. The number of thiophene rings is 1. The van der Waals surface area contributed by atoms with Crippen LogP contribution in [0.2, 0.25) is 0 Å². The minimum Gasteiger partial charge on any atom is -0.438 e. The lowest BCUT2D eigenvalue weighted by Crippen LogP contribution is -2.00. The number of rotatable bonds is 3. The lowest BCUT2D eigenvalue weighted by molar-refractivity contribution is 0.462. The Morgan fingerprint density at radius 1 is 1.00 bits per heavy atom. The molecule has 0 fully saturated rings. The molecule has 0 radical (unpaired) electrons. The minimum absolute atomic E-state index is 0.395. The quantitative estimate of drug-likeness (QED) is 0.380. The van der Waals surface area contributed by atoms with Crippen LogP contribution in [0.4, 0.5) is 0 Å². The minimum atomic E-state index is -0.395. The maximum Gasteiger partial charge on any atom is 0.336 e. The van der Waals surface area contributed by atoms with Crippen molar-refractivity contribution in [3.8, 4) is 22.8 Å². The molecular weight excluding hydrogens is 372 g/mol. The van der Waals surface area contributed by atoms with Crippen LogP contribution in [-0.2, 0) is 0 Å². The van der Waals surface area contributed by atoms with E-state index in [1.54, 1.807) is 0 Å². The van der Waals surface area contributed by atoms with Crippen molar-refractivity contribution in [2.45, 2.75) is 6.92 Å². The van der Waals surface area contributed by atoms with E-state index in [2.05, 4.69) is 9.97 Å². The van der Waals surface area contributed by atoms with Gasteiger partial charge in [-0.3, -0.25) is 0 Å². The van der Waals surface area contributed by atoms with Crippen molar-refractivity contribution in [3.05, 3.63) is 82.3 Å². The summed E-state index contributed by atoms with van der Waals surface area (Å²) in [5.74, 6) is 1.07. The van der Waals surface area contributed by atoms with Crippen LogP contribution in [0.3, 0.4) is 0 Å². The van der Waals surface area contributed by atoms with Gasteiger partial charge in [0, 0.05) is 17.0 Å². The third-order valence-corrected chi connectivity index (χ3v) is 5.45. The summed E-state index contributed by atoms with van der Waals surface area (Å²) in [6.07, 6.45) is 1.48. The molecule has 0 aliphatic heterocycles. The van der Waals surface area contributed by atoms with Crippen LogP contribution in [-0.4, -0.2) is 9.97 Å². The molecule has 0 aliphatic rings. The molecular formula is C22H14N2O3S. The van der Waals surface area contributed by atoms with Gasteiger partial charge in [-0.25, -0.2) is 14.8 Å². The van der Waals surface area contributed by atoms with Crippen LogP contribution in [0.5, 0.6) is 11.6 Å². The fraction of sp³-hybridized carbons (Fsp3) is 0.0455. The number of hydrogen-bond acceptors (Lipinski definition) is 6. The predicted octanol–water partition coefficient (Wildman–Crippen LogP) is 5.57. The summed E-state index contributed by atoms with van der Waals surface area (Å²) in [6.45, 7) is 1.88. The van der Waals surface area contributed by atoms with Crippen LogP contribution < -0.4 is 10.4 Å². The maximum absolute atomic E-state index is 12.2. The Morgan fingerprint density at radius 2 is 1.86 bits per heavy atom. The fourth-order valence-corrected chi connectivity index (χ4v) is 3.99. The molecule has 3 heterocycles. The fourth-order valence-electron chi connectivity index (χ4n) is 3.26. The molecule has 3 aromatic heterocycles. The lowest BCUT2D eigenvalue weighted by Gasteiger charge is -2.12. The molecule has 0 unspecified atom stereocenters. The Kier molecular flexibility index (Phi) is 3.91. The maximum atomic E-state index is 12.2. The highest BCUT2D eigenvalue weighted by atomic mass is 32.1. The van der Waals surface area contributed by atoms with Crippen molar-refractivity contribution in [3.63, 3.8) is 0 Å². The normalized spacial score (nSPS) is 11.2. The molecule has 136 valence electrons. The third-order valence-electron chi connectivity index (χ3n) is 4.63. The Balaban J connectivity index is 1.68. The van der Waals surface area contributed by atoms with Gasteiger partial charge in [0.1, 0.15) is 22.5 Å². The van der Waals surface area contributed by atoms with E-state index in [0.717, 1.165) is 32.3 Å². The molecule has 2 aromatic carbocycles. The van der Waals surface area contributed by atoms with Crippen LogP contribution in [0.25, 0.3) is 32.3 Å². The van der Waals surface area contributed by atoms with E-state index in [1.165, 1.54) is 23.7 Å². The van der Waals surface area contributed by atoms with Gasteiger partial charge in [0.25, 0.3) is 0 Å². The van der Waals surface area contributed by atoms with Gasteiger partial charge in [-0.2, -0.15) is 0 Å². The molecule has 6 heteroatoms. The summed E-state index contributed by atoms with van der Waals surface area (Å²) in [5.41, 5.74) is 2.66. The van der Waals surface area contributed by atoms with Crippen LogP contribution in [0.15, 0.2) is 75.5 Å². The zero-order valence-corrected chi connectivity index (χ0v) is 15.7. The predicted molar refractivity (Wildman–Crippen MR) is 110 cm³/mol. The Labute approximate surface area is 163 Å². The van der Waals surface area contributed by atoms with Crippen molar-refractivity contribution >= 4 is 32.5 Å². The number of aromatic nitrogens is 2. The molecule has 5 rings (SSSR count). The standard InChI is InChI=1S/C22H14N2O3S/c1-13-18(26-21-16-9-10-28-22(16)24-12-23-21)8-7-15-17(11-19(25)27-20(13)15)14-5-3-2-4-6-14/h2-12H,1H3. The molecule has 0 saturated heterocycles. The second-order valence-corrected chi connectivity index (χ2v) is 7.23. The lowest BCUT2D eigenvalue weighted by atomic mass is 10.0. The second-order valence-electron chi connectivity index (χ2n) is 6.33. The summed E-state index contributed by atoms with van der Waals surface area (Å²) in [5, 5.41) is 3.66. The van der Waals surface area contributed by atoms with Gasteiger partial charge in [0.2, 0.25) is 5.88 Å². The largest absolute Gasteiger partial charge is 0.438 e. The highest BCUT2D eigenvalue weighted by Crippen LogP contribution is 2.36. The molecule has 0 amide bonds. The van der Waals surface area contributed by atoms with Crippen molar-refractivity contribution in [2.24, 2.45) is 0 Å². The topological polar surface area (TPSA) is 65.2 Å². The smallest absolute Gasteiger partial charge is 0.336 e. The first-order chi connectivity index (χ1) is 13.7. The molecule has 5 aromatic rings. The number of benzene rings is 2. The van der Waals surface area contributed by atoms with E-state index in [-0.39, 0.29) is 0 Å². The Hall–Kier alpha value is -3.51. The summed E-state index contributed by atoms with van der Waals surface area (Å²) >= 11 is 1.53. The summed E-state index contributed by atoms with van der Waals surface area (Å²) in [6, 6.07) is 17.0. The van der Waals surface area contributed by atoms with Gasteiger partial charge in [0.15, 0.2) is 0 Å². The van der Waals surface area contributed by atoms with Gasteiger partial charge in [-0.15, -0.1) is 11.3 Å². The van der Waals surface area contributed by atoms with Crippen LogP contribution in [0.1, 0.15) is 5.56 Å². The number of hydrogen-bond donors (Lipinski definition) is 0. The number of aryl methyl sites for hydroxylation is 1. The molecule has 0 spiro atoms. The molecule has 28 heavy (non-hydrogen) atoms. The van der Waals surface area contributed by atoms with Gasteiger partial charge in [0.05, 0.1) is 5.39 Å². The van der Waals surface area contributed by atoms with Crippen molar-refractivity contribution in [2.75, 3.05) is 0 Å². The number of nitrogens with zero attached hydrogens (tertiary/aromatic N) is 2. The van der Waals surface area contributed by atoms with Crippen molar-refractivity contribution in [1.29, 1.82) is 0 Å². The van der Waals surface area contributed by atoms with E-state index < -0.39 is 5.63 Å². The summed E-state index contributed by atoms with van der Waals surface area (Å²) < 4.78 is 11.6. The molecule has 0 N–H and O–H groups in total. The molecule has 0 bridgehead atoms. The van der Waals surface area contributed by atoms with Gasteiger partial charge >= 0.3 is 5.63 Å². The van der Waals surface area contributed by atoms with Gasteiger partial charge in [-0.1, -0.05) is 30.3 Å². The Bertz CT molecular complexity index is 1370. The summed E-state index contributed by atoms with van der Waals surface area (Å²) in [4.78, 5) is 21.6. The van der Waals surface area contributed by atoms with Crippen molar-refractivity contribution in [1.82, 2.24) is 9.97 Å². The summed E-state index contributed by atoms with van der Waals surface area (Å²) in [7, 11) is 0. The van der Waals surface area contributed by atoms with E-state index in [0.29, 0.717) is 17.2 Å². The van der Waals surface area contributed by atoms with Gasteiger partial charge in [-0.05, 0) is 41.6 Å². The van der Waals surface area contributed by atoms with E-state index in [4.69, 9.17) is 9.15 Å². The molecule has 0 aliphatic carbocycles. The molecule has 0 saturated carbocycles.